The number of hydrogen-bond donors (Lipinski definition) is 1. The monoisotopic (exact) mass is 391 g/mol. The van der Waals surface area contributed by atoms with E-state index in [0.717, 1.165) is 32.5 Å². The Morgan fingerprint density at radius 2 is 1.72 bits per heavy atom. The summed E-state index contributed by atoms with van der Waals surface area (Å²) < 4.78 is 5.37. The molecule has 25 heavy (non-hydrogen) atoms. The molecule has 1 aromatic carbocycles. The number of anilines is 1. The fraction of sp³-hybridized carbons (Fsp3) is 0.611. The standard InChI is InChI=1S/C18H29N3O2.2ClH/c1-20(16-7-5-4-6-8-16)13-14-21(2)17(22)18(15-23-3)9-11-19-12-10-18;;/h4-8,19H,9-15H2,1-3H3;2*1H. The largest absolute Gasteiger partial charge is 0.384 e. The Bertz CT molecular complexity index is 491. The van der Waals surface area contributed by atoms with E-state index in [9.17, 15) is 4.79 Å². The van der Waals surface area contributed by atoms with Gasteiger partial charge >= 0.3 is 0 Å². The maximum absolute atomic E-state index is 13.0. The van der Waals surface area contributed by atoms with Gasteiger partial charge in [-0.1, -0.05) is 18.2 Å². The second-order valence-corrected chi connectivity index (χ2v) is 6.45. The molecule has 0 atom stereocenters. The summed E-state index contributed by atoms with van der Waals surface area (Å²) in [6.07, 6.45) is 1.69. The van der Waals surface area contributed by atoms with Gasteiger partial charge in [-0.2, -0.15) is 0 Å². The van der Waals surface area contributed by atoms with Crippen LogP contribution >= 0.6 is 24.8 Å². The van der Waals surface area contributed by atoms with Crippen LogP contribution in [0.2, 0.25) is 0 Å². The van der Waals surface area contributed by atoms with Crippen molar-refractivity contribution in [2.45, 2.75) is 12.8 Å². The van der Waals surface area contributed by atoms with Crippen LogP contribution in [-0.2, 0) is 9.53 Å². The molecule has 0 unspecified atom stereocenters. The maximum Gasteiger partial charge on any atom is 0.231 e. The van der Waals surface area contributed by atoms with Crippen LogP contribution < -0.4 is 10.2 Å². The molecule has 0 saturated carbocycles. The number of para-hydroxylation sites is 1. The van der Waals surface area contributed by atoms with Crippen molar-refractivity contribution in [3.8, 4) is 0 Å². The van der Waals surface area contributed by atoms with Gasteiger partial charge < -0.3 is 19.9 Å². The molecule has 5 nitrogen and oxygen atoms in total. The predicted octanol–water partition coefficient (Wildman–Crippen LogP) is 2.44. The van der Waals surface area contributed by atoms with Crippen LogP contribution in [0.1, 0.15) is 12.8 Å². The van der Waals surface area contributed by atoms with Gasteiger partial charge in [0.15, 0.2) is 0 Å². The topological polar surface area (TPSA) is 44.8 Å². The number of carbonyl (C=O) groups is 1. The van der Waals surface area contributed by atoms with E-state index in [1.807, 2.05) is 30.1 Å². The van der Waals surface area contributed by atoms with Gasteiger partial charge in [-0.3, -0.25) is 4.79 Å². The van der Waals surface area contributed by atoms with E-state index < -0.39 is 0 Å². The van der Waals surface area contributed by atoms with Crippen LogP contribution in [0.15, 0.2) is 30.3 Å². The van der Waals surface area contributed by atoms with Crippen molar-refractivity contribution in [3.63, 3.8) is 0 Å². The zero-order chi connectivity index (χ0) is 16.7. The SMILES string of the molecule is COCC1(C(=O)N(C)CCN(C)c2ccccc2)CCNCC1.Cl.Cl. The van der Waals surface area contributed by atoms with Gasteiger partial charge in [-0.15, -0.1) is 24.8 Å². The highest BCUT2D eigenvalue weighted by Crippen LogP contribution is 2.31. The molecule has 2 rings (SSSR count). The molecule has 1 aliphatic heterocycles. The van der Waals surface area contributed by atoms with E-state index in [1.54, 1.807) is 7.11 Å². The Hall–Kier alpha value is -1.01. The number of halogens is 2. The molecule has 0 radical (unpaired) electrons. The molecule has 7 heteroatoms. The fourth-order valence-electron chi connectivity index (χ4n) is 3.22. The van der Waals surface area contributed by atoms with Gasteiger partial charge in [0.25, 0.3) is 0 Å². The number of likely N-dealkylation sites (N-methyl/N-ethyl adjacent to an activating group) is 2. The smallest absolute Gasteiger partial charge is 0.231 e. The van der Waals surface area contributed by atoms with Crippen molar-refractivity contribution in [1.82, 2.24) is 10.2 Å². The summed E-state index contributed by atoms with van der Waals surface area (Å²) in [5.41, 5.74) is 0.807. The summed E-state index contributed by atoms with van der Waals surface area (Å²) in [5, 5.41) is 3.33. The van der Waals surface area contributed by atoms with Gasteiger partial charge in [0.2, 0.25) is 5.91 Å². The highest BCUT2D eigenvalue weighted by atomic mass is 35.5. The molecule has 1 aromatic rings. The summed E-state index contributed by atoms with van der Waals surface area (Å²) in [4.78, 5) is 17.0. The van der Waals surface area contributed by atoms with E-state index in [4.69, 9.17) is 4.74 Å². The molecule has 1 aliphatic rings. The quantitative estimate of drug-likeness (QED) is 0.774. The van der Waals surface area contributed by atoms with E-state index in [1.165, 1.54) is 5.69 Å². The van der Waals surface area contributed by atoms with Crippen molar-refractivity contribution in [2.75, 3.05) is 58.9 Å². The zero-order valence-corrected chi connectivity index (χ0v) is 17.0. The molecule has 1 saturated heterocycles. The molecule has 0 spiro atoms. The summed E-state index contributed by atoms with van der Waals surface area (Å²) in [6.45, 7) is 3.79. The predicted molar refractivity (Wildman–Crippen MR) is 108 cm³/mol. The third kappa shape index (κ3) is 6.33. The van der Waals surface area contributed by atoms with Crippen LogP contribution in [0.3, 0.4) is 0 Å². The third-order valence-electron chi connectivity index (χ3n) is 4.75. The zero-order valence-electron chi connectivity index (χ0n) is 15.4. The number of ether oxygens (including phenoxy) is 1. The van der Waals surface area contributed by atoms with Gasteiger partial charge in [0.05, 0.1) is 12.0 Å². The highest BCUT2D eigenvalue weighted by Gasteiger charge is 2.41. The van der Waals surface area contributed by atoms with E-state index >= 15 is 0 Å². The minimum atomic E-state index is -0.361. The molecule has 0 aromatic heterocycles. The number of amides is 1. The fourth-order valence-corrected chi connectivity index (χ4v) is 3.22. The van der Waals surface area contributed by atoms with Gasteiger partial charge in [0, 0.05) is 40.0 Å². The second-order valence-electron chi connectivity index (χ2n) is 6.45. The number of benzene rings is 1. The van der Waals surface area contributed by atoms with Crippen molar-refractivity contribution < 1.29 is 9.53 Å². The highest BCUT2D eigenvalue weighted by molar-refractivity contribution is 5.85. The number of nitrogens with zero attached hydrogens (tertiary/aromatic N) is 2. The molecule has 1 heterocycles. The molecule has 1 N–H and O–H groups in total. The molecule has 1 amide bonds. The first-order valence-corrected chi connectivity index (χ1v) is 8.30. The molecule has 144 valence electrons. The number of carbonyl (C=O) groups excluding carboxylic acids is 1. The first kappa shape index (κ1) is 24.0. The Kier molecular flexibility index (Phi) is 11.1. The average molecular weight is 392 g/mol. The van der Waals surface area contributed by atoms with Crippen LogP contribution in [0.5, 0.6) is 0 Å². The lowest BCUT2D eigenvalue weighted by atomic mass is 9.78. The number of nitrogens with one attached hydrogen (secondary N) is 1. The van der Waals surface area contributed by atoms with E-state index in [0.29, 0.717) is 13.2 Å². The summed E-state index contributed by atoms with van der Waals surface area (Å²) >= 11 is 0. The number of rotatable bonds is 7. The number of piperidine rings is 1. The van der Waals surface area contributed by atoms with Crippen molar-refractivity contribution in [2.24, 2.45) is 5.41 Å². The van der Waals surface area contributed by atoms with Gasteiger partial charge in [0.1, 0.15) is 0 Å². The number of hydrogen-bond acceptors (Lipinski definition) is 4. The first-order chi connectivity index (χ1) is 11.1. The Morgan fingerprint density at radius 1 is 1.12 bits per heavy atom. The maximum atomic E-state index is 13.0. The first-order valence-electron chi connectivity index (χ1n) is 8.30. The van der Waals surface area contributed by atoms with Crippen LogP contribution in [0.25, 0.3) is 0 Å². The minimum absolute atomic E-state index is 0. The van der Waals surface area contributed by atoms with Gasteiger partial charge in [-0.25, -0.2) is 0 Å². The van der Waals surface area contributed by atoms with E-state index in [2.05, 4.69) is 29.4 Å². The Balaban J connectivity index is 0.00000288. The summed E-state index contributed by atoms with van der Waals surface area (Å²) in [5.74, 6) is 0.210. The van der Waals surface area contributed by atoms with Crippen molar-refractivity contribution in [3.05, 3.63) is 30.3 Å². The lowest BCUT2D eigenvalue weighted by molar-refractivity contribution is -0.146. The van der Waals surface area contributed by atoms with Crippen LogP contribution in [0, 0.1) is 5.41 Å². The molecule has 0 bridgehead atoms. The summed E-state index contributed by atoms with van der Waals surface area (Å²) in [7, 11) is 5.64. The Labute approximate surface area is 163 Å². The third-order valence-corrected chi connectivity index (χ3v) is 4.75. The molecular formula is C18H31Cl2N3O2. The van der Waals surface area contributed by atoms with Crippen molar-refractivity contribution in [1.29, 1.82) is 0 Å². The normalized spacial score (nSPS) is 15.5. The lowest BCUT2D eigenvalue weighted by Crippen LogP contribution is -2.51. The van der Waals surface area contributed by atoms with Crippen molar-refractivity contribution >= 4 is 36.4 Å². The molecule has 0 aliphatic carbocycles. The van der Waals surface area contributed by atoms with Gasteiger partial charge in [-0.05, 0) is 38.1 Å². The van der Waals surface area contributed by atoms with E-state index in [-0.39, 0.29) is 36.1 Å². The van der Waals surface area contributed by atoms with Crippen LogP contribution in [-0.4, -0.2) is 64.8 Å². The minimum Gasteiger partial charge on any atom is -0.384 e. The summed E-state index contributed by atoms with van der Waals surface area (Å²) in [6, 6.07) is 10.2. The average Bonchev–Trinajstić information content (AvgIpc) is 2.60. The molecular weight excluding hydrogens is 361 g/mol. The van der Waals surface area contributed by atoms with Crippen LogP contribution in [0.4, 0.5) is 5.69 Å². The molecule has 1 fully saturated rings. The second kappa shape index (κ2) is 11.6. The number of methoxy groups -OCH3 is 1. The Morgan fingerprint density at radius 3 is 2.28 bits per heavy atom. The lowest BCUT2D eigenvalue weighted by Gasteiger charge is -2.38.